The maximum Gasteiger partial charge on any atom is 0.387 e. The Morgan fingerprint density at radius 3 is 2.48 bits per heavy atom. The average molecular weight is 369 g/mol. The van der Waals surface area contributed by atoms with E-state index in [2.05, 4.69) is 20.7 Å². The number of ether oxygens (including phenoxy) is 1. The summed E-state index contributed by atoms with van der Waals surface area (Å²) in [6.07, 6.45) is 0. The molecular formula is C16H11BrF2OS. The summed E-state index contributed by atoms with van der Waals surface area (Å²) < 4.78 is 30.8. The molecule has 0 N–H and O–H groups in total. The molecule has 0 saturated carbocycles. The van der Waals surface area contributed by atoms with E-state index in [0.717, 1.165) is 10.9 Å². The number of thiophene rings is 1. The molecule has 1 nitrogen and oxygen atoms in total. The number of benzene rings is 2. The lowest BCUT2D eigenvalue weighted by Crippen LogP contribution is -2.05. The van der Waals surface area contributed by atoms with E-state index in [1.807, 2.05) is 35.7 Å². The lowest BCUT2D eigenvalue weighted by atomic mass is 10.0. The summed E-state index contributed by atoms with van der Waals surface area (Å²) >= 11 is 5.25. The van der Waals surface area contributed by atoms with E-state index < -0.39 is 6.61 Å². The van der Waals surface area contributed by atoms with Crippen LogP contribution in [0.4, 0.5) is 8.78 Å². The maximum atomic E-state index is 12.5. The number of alkyl halides is 3. The molecule has 1 heterocycles. The van der Waals surface area contributed by atoms with E-state index in [0.29, 0.717) is 5.56 Å². The van der Waals surface area contributed by atoms with Gasteiger partial charge in [-0.25, -0.2) is 0 Å². The molecule has 0 saturated heterocycles. The topological polar surface area (TPSA) is 9.23 Å². The molecule has 0 fully saturated rings. The van der Waals surface area contributed by atoms with Crippen molar-refractivity contribution in [2.24, 2.45) is 0 Å². The van der Waals surface area contributed by atoms with Gasteiger partial charge in [-0.3, -0.25) is 0 Å². The molecule has 3 aromatic rings. The van der Waals surface area contributed by atoms with Gasteiger partial charge in [0, 0.05) is 10.3 Å². The fourth-order valence-electron chi connectivity index (χ4n) is 2.26. The van der Waals surface area contributed by atoms with Gasteiger partial charge in [0.25, 0.3) is 0 Å². The van der Waals surface area contributed by atoms with Gasteiger partial charge in [0.2, 0.25) is 0 Å². The third-order valence-electron chi connectivity index (χ3n) is 3.19. The molecule has 2 aromatic carbocycles. The van der Waals surface area contributed by atoms with Crippen LogP contribution in [-0.2, 0) is 0 Å². The van der Waals surface area contributed by atoms with Gasteiger partial charge in [-0.15, -0.1) is 11.3 Å². The van der Waals surface area contributed by atoms with Crippen molar-refractivity contribution in [2.75, 3.05) is 0 Å². The van der Waals surface area contributed by atoms with Crippen LogP contribution in [0.15, 0.2) is 53.9 Å². The number of fused-ring (bicyclic) bond motifs is 1. The molecular weight excluding hydrogens is 358 g/mol. The Bertz CT molecular complexity index is 757. The zero-order valence-electron chi connectivity index (χ0n) is 10.8. The summed E-state index contributed by atoms with van der Waals surface area (Å²) in [5, 5.41) is 3.17. The number of hydrogen-bond donors (Lipinski definition) is 0. The molecule has 0 spiro atoms. The second-order valence-corrected chi connectivity index (χ2v) is 6.29. The van der Waals surface area contributed by atoms with Crippen LogP contribution >= 0.6 is 27.3 Å². The van der Waals surface area contributed by atoms with Gasteiger partial charge in [-0.05, 0) is 28.5 Å². The van der Waals surface area contributed by atoms with E-state index in [4.69, 9.17) is 0 Å². The quantitative estimate of drug-likeness (QED) is 0.514. The first kappa shape index (κ1) is 14.5. The average Bonchev–Trinajstić information content (AvgIpc) is 2.90. The summed E-state index contributed by atoms with van der Waals surface area (Å²) in [5.41, 5.74) is 1.75. The smallest absolute Gasteiger partial charge is 0.387 e. The number of rotatable bonds is 4. The molecule has 0 aliphatic heterocycles. The first-order chi connectivity index (χ1) is 10.2. The molecule has 0 aliphatic carbocycles. The number of halogens is 3. The molecule has 21 heavy (non-hydrogen) atoms. The fourth-order valence-corrected chi connectivity index (χ4v) is 4.17. The maximum absolute atomic E-state index is 12.5. The third kappa shape index (κ3) is 2.94. The highest BCUT2D eigenvalue weighted by atomic mass is 79.9. The van der Waals surface area contributed by atoms with Crippen LogP contribution < -0.4 is 4.74 Å². The second kappa shape index (κ2) is 6.12. The van der Waals surface area contributed by atoms with Gasteiger partial charge in [0.1, 0.15) is 5.75 Å². The lowest BCUT2D eigenvalue weighted by Gasteiger charge is -2.15. The van der Waals surface area contributed by atoms with Crippen molar-refractivity contribution in [3.8, 4) is 5.75 Å². The van der Waals surface area contributed by atoms with Gasteiger partial charge in [-0.2, -0.15) is 8.78 Å². The molecule has 1 aromatic heterocycles. The summed E-state index contributed by atoms with van der Waals surface area (Å²) in [5.74, 6) is 0.199. The molecule has 108 valence electrons. The fraction of sp³-hybridized carbons (Fsp3) is 0.125. The largest absolute Gasteiger partial charge is 0.434 e. The van der Waals surface area contributed by atoms with E-state index in [-0.39, 0.29) is 10.6 Å². The first-order valence-electron chi connectivity index (χ1n) is 6.31. The highest BCUT2D eigenvalue weighted by Gasteiger charge is 2.20. The molecule has 0 amide bonds. The van der Waals surface area contributed by atoms with Gasteiger partial charge in [0.15, 0.2) is 0 Å². The van der Waals surface area contributed by atoms with Crippen LogP contribution in [0.5, 0.6) is 5.75 Å². The Kier molecular flexibility index (Phi) is 4.22. The van der Waals surface area contributed by atoms with Crippen LogP contribution in [0.3, 0.4) is 0 Å². The van der Waals surface area contributed by atoms with Crippen molar-refractivity contribution < 1.29 is 13.5 Å². The van der Waals surface area contributed by atoms with E-state index in [1.165, 1.54) is 4.70 Å². The molecule has 0 bridgehead atoms. The van der Waals surface area contributed by atoms with Gasteiger partial charge in [0.05, 0.1) is 4.83 Å². The Labute approximate surface area is 133 Å². The summed E-state index contributed by atoms with van der Waals surface area (Å²) in [6.45, 7) is -2.83. The van der Waals surface area contributed by atoms with Gasteiger partial charge in [-0.1, -0.05) is 52.3 Å². The van der Waals surface area contributed by atoms with Crippen molar-refractivity contribution in [1.82, 2.24) is 0 Å². The zero-order valence-corrected chi connectivity index (χ0v) is 13.2. The van der Waals surface area contributed by atoms with Crippen molar-refractivity contribution in [3.63, 3.8) is 0 Å². The number of hydrogen-bond acceptors (Lipinski definition) is 2. The van der Waals surface area contributed by atoms with Crippen molar-refractivity contribution in [2.45, 2.75) is 11.4 Å². The Hall–Kier alpha value is -1.46. The monoisotopic (exact) mass is 368 g/mol. The van der Waals surface area contributed by atoms with Crippen LogP contribution in [0.25, 0.3) is 10.1 Å². The highest BCUT2D eigenvalue weighted by Crippen LogP contribution is 2.41. The Morgan fingerprint density at radius 2 is 1.67 bits per heavy atom. The highest BCUT2D eigenvalue weighted by molar-refractivity contribution is 9.09. The molecule has 0 aliphatic rings. The summed E-state index contributed by atoms with van der Waals surface area (Å²) in [7, 11) is 0. The molecule has 1 unspecified atom stereocenters. The van der Waals surface area contributed by atoms with E-state index >= 15 is 0 Å². The predicted octanol–water partition coefficient (Wildman–Crippen LogP) is 5.99. The molecule has 3 rings (SSSR count). The van der Waals surface area contributed by atoms with Crippen LogP contribution in [-0.4, -0.2) is 6.61 Å². The van der Waals surface area contributed by atoms with Crippen molar-refractivity contribution in [3.05, 3.63) is 65.0 Å². The SMILES string of the molecule is FC(F)Oc1ccccc1C(Br)c1csc2ccccc12. The van der Waals surface area contributed by atoms with Crippen LogP contribution in [0.2, 0.25) is 0 Å². The Balaban J connectivity index is 2.04. The Morgan fingerprint density at radius 1 is 0.952 bits per heavy atom. The zero-order chi connectivity index (χ0) is 14.8. The predicted molar refractivity (Wildman–Crippen MR) is 85.7 cm³/mol. The van der Waals surface area contributed by atoms with Gasteiger partial charge < -0.3 is 4.74 Å². The second-order valence-electron chi connectivity index (χ2n) is 4.47. The minimum atomic E-state index is -2.83. The summed E-state index contributed by atoms with van der Waals surface area (Å²) in [4.78, 5) is -0.191. The number of para-hydroxylation sites is 1. The van der Waals surface area contributed by atoms with Crippen LogP contribution in [0, 0.1) is 0 Å². The minimum absolute atomic E-state index is 0.191. The minimum Gasteiger partial charge on any atom is -0.434 e. The van der Waals surface area contributed by atoms with Gasteiger partial charge >= 0.3 is 6.61 Å². The first-order valence-corrected chi connectivity index (χ1v) is 8.10. The molecule has 5 heteroatoms. The normalized spacial score (nSPS) is 12.8. The van der Waals surface area contributed by atoms with E-state index in [9.17, 15) is 8.78 Å². The summed E-state index contributed by atoms with van der Waals surface area (Å²) in [6, 6.07) is 14.9. The molecule has 1 atom stereocenters. The lowest BCUT2D eigenvalue weighted by molar-refractivity contribution is -0.0503. The third-order valence-corrected chi connectivity index (χ3v) is 5.16. The van der Waals surface area contributed by atoms with E-state index in [1.54, 1.807) is 29.5 Å². The van der Waals surface area contributed by atoms with Crippen molar-refractivity contribution >= 4 is 37.4 Å². The standard InChI is InChI=1S/C16H11BrF2OS/c17-15(11-6-1-3-7-13(11)20-16(18)19)12-9-21-14-8-4-2-5-10(12)14/h1-9,15-16H. The molecule has 0 radical (unpaired) electrons. The van der Waals surface area contributed by atoms with Crippen LogP contribution in [0.1, 0.15) is 16.0 Å². The van der Waals surface area contributed by atoms with Crippen molar-refractivity contribution in [1.29, 1.82) is 0 Å².